The molecule has 4 aromatic carbocycles. The number of phenolic OH excluding ortho intramolecular Hbond substituents is 1. The van der Waals surface area contributed by atoms with Crippen LogP contribution in [0, 0.1) is 20.8 Å². The van der Waals surface area contributed by atoms with Crippen LogP contribution in [0.2, 0.25) is 0 Å². The van der Waals surface area contributed by atoms with Crippen LogP contribution in [-0.2, 0) is 10.1 Å². The molecule has 0 saturated heterocycles. The molecular weight excluding hydrogens is 528 g/mol. The van der Waals surface area contributed by atoms with E-state index in [0.717, 1.165) is 21.7 Å². The lowest BCUT2D eigenvalue weighted by Gasteiger charge is -2.22. The predicted octanol–water partition coefficient (Wildman–Crippen LogP) is 8.99. The second-order valence-corrected chi connectivity index (χ2v) is 12.9. The van der Waals surface area contributed by atoms with Gasteiger partial charge in [0.1, 0.15) is 15.8 Å². The van der Waals surface area contributed by atoms with Gasteiger partial charge in [0.25, 0.3) is 0 Å². The van der Waals surface area contributed by atoms with Crippen molar-refractivity contribution >= 4 is 44.0 Å². The molecule has 1 aliphatic rings. The largest absolute Gasteiger partial charge is 0.744 e. The van der Waals surface area contributed by atoms with Crippen molar-refractivity contribution in [1.29, 1.82) is 0 Å². The SMILES string of the molecule is Cc1ccc(Sc2cc(S(=O)(=O)[O-])cc3cc(C)c(N=Nc4ccc(C5CCCCC5)cc4C)c(O)c23)cc1. The Balaban J connectivity index is 1.56. The van der Waals surface area contributed by atoms with Crippen LogP contribution >= 0.6 is 11.8 Å². The highest BCUT2D eigenvalue weighted by molar-refractivity contribution is 7.99. The molecule has 5 rings (SSSR count). The summed E-state index contributed by atoms with van der Waals surface area (Å²) in [5.41, 5.74) is 5.12. The Hall–Kier alpha value is -3.20. The van der Waals surface area contributed by atoms with Gasteiger partial charge in [-0.05, 0) is 98.0 Å². The first-order valence-electron chi connectivity index (χ1n) is 13.1. The van der Waals surface area contributed by atoms with Gasteiger partial charge < -0.3 is 9.66 Å². The minimum absolute atomic E-state index is 0.102. The maximum Gasteiger partial charge on any atom is 0.152 e. The molecular formula is C31H31N2O4S2-. The first-order chi connectivity index (χ1) is 18.6. The Morgan fingerprint density at radius 1 is 0.872 bits per heavy atom. The standard InChI is InChI=1S/C31H32N2O4S2/c1-19-9-12-25(13-10-19)38-28-18-26(39(35,36)37)17-24-16-21(3)30(31(34)29(24)28)33-32-27-14-11-23(15-20(27)2)22-7-5-4-6-8-22/h9-18,22,34H,4-8H2,1-3H3,(H,35,36,37)/p-1. The van der Waals surface area contributed by atoms with Gasteiger partial charge in [-0.1, -0.05) is 60.9 Å². The predicted molar refractivity (Wildman–Crippen MR) is 155 cm³/mol. The summed E-state index contributed by atoms with van der Waals surface area (Å²) in [7, 11) is -4.70. The third-order valence-electron chi connectivity index (χ3n) is 7.41. The second kappa shape index (κ2) is 11.1. The summed E-state index contributed by atoms with van der Waals surface area (Å²) in [5, 5.41) is 21.2. The highest BCUT2D eigenvalue weighted by Crippen LogP contribution is 2.46. The quantitative estimate of drug-likeness (QED) is 0.188. The first kappa shape index (κ1) is 27.4. The molecule has 202 valence electrons. The lowest BCUT2D eigenvalue weighted by Crippen LogP contribution is -2.04. The third-order valence-corrected chi connectivity index (χ3v) is 9.27. The molecule has 1 N–H and O–H groups in total. The lowest BCUT2D eigenvalue weighted by atomic mass is 9.83. The molecule has 8 heteroatoms. The molecule has 0 heterocycles. The van der Waals surface area contributed by atoms with E-state index in [-0.39, 0.29) is 10.6 Å². The Bertz CT molecular complexity index is 1670. The number of aromatic hydroxyl groups is 1. The molecule has 6 nitrogen and oxygen atoms in total. The summed E-state index contributed by atoms with van der Waals surface area (Å²) in [5.74, 6) is 0.497. The smallest absolute Gasteiger partial charge is 0.152 e. The third kappa shape index (κ3) is 6.03. The number of hydrogen-bond acceptors (Lipinski definition) is 7. The molecule has 0 aromatic heterocycles. The van der Waals surface area contributed by atoms with E-state index in [1.807, 2.05) is 44.2 Å². The topological polar surface area (TPSA) is 102 Å². The molecule has 0 spiro atoms. The van der Waals surface area contributed by atoms with E-state index in [1.54, 1.807) is 13.0 Å². The van der Waals surface area contributed by atoms with Crippen molar-refractivity contribution in [2.24, 2.45) is 10.2 Å². The summed E-state index contributed by atoms with van der Waals surface area (Å²) >= 11 is 1.28. The summed E-state index contributed by atoms with van der Waals surface area (Å²) in [6.07, 6.45) is 6.32. The average molecular weight is 560 g/mol. The molecule has 0 radical (unpaired) electrons. The molecule has 1 aliphatic carbocycles. The molecule has 39 heavy (non-hydrogen) atoms. The number of hydrogen-bond donors (Lipinski definition) is 1. The number of nitrogens with zero attached hydrogens (tertiary/aromatic N) is 2. The first-order valence-corrected chi connectivity index (χ1v) is 15.4. The van der Waals surface area contributed by atoms with Gasteiger partial charge in [-0.15, -0.1) is 5.11 Å². The molecule has 1 saturated carbocycles. The Morgan fingerprint density at radius 3 is 2.26 bits per heavy atom. The number of phenols is 1. The normalized spacial score (nSPS) is 14.9. The minimum atomic E-state index is -4.70. The lowest BCUT2D eigenvalue weighted by molar-refractivity contribution is 0.443. The number of rotatable bonds is 6. The van der Waals surface area contributed by atoms with Gasteiger partial charge in [-0.3, -0.25) is 0 Å². The van der Waals surface area contributed by atoms with E-state index < -0.39 is 10.1 Å². The summed E-state index contributed by atoms with van der Waals surface area (Å²) in [4.78, 5) is 0.957. The Labute approximate surface area is 233 Å². The van der Waals surface area contributed by atoms with E-state index in [2.05, 4.69) is 22.4 Å². The van der Waals surface area contributed by atoms with Gasteiger partial charge in [0.2, 0.25) is 0 Å². The monoisotopic (exact) mass is 559 g/mol. The molecule has 0 bridgehead atoms. The van der Waals surface area contributed by atoms with Crippen LogP contribution in [-0.4, -0.2) is 18.1 Å². The van der Waals surface area contributed by atoms with Crippen LogP contribution in [0.3, 0.4) is 0 Å². The zero-order valence-electron chi connectivity index (χ0n) is 22.3. The Morgan fingerprint density at radius 2 is 1.59 bits per heavy atom. The van der Waals surface area contributed by atoms with Gasteiger partial charge >= 0.3 is 0 Å². The van der Waals surface area contributed by atoms with E-state index in [9.17, 15) is 18.1 Å². The van der Waals surface area contributed by atoms with Gasteiger partial charge in [0, 0.05) is 15.2 Å². The summed E-state index contributed by atoms with van der Waals surface area (Å²) in [6, 6.07) is 18.4. The highest BCUT2D eigenvalue weighted by atomic mass is 32.2. The van der Waals surface area contributed by atoms with Gasteiger partial charge in [-0.25, -0.2) is 8.42 Å². The highest BCUT2D eigenvalue weighted by Gasteiger charge is 2.19. The van der Waals surface area contributed by atoms with E-state index >= 15 is 0 Å². The van der Waals surface area contributed by atoms with Crippen molar-refractivity contribution < 1.29 is 18.1 Å². The van der Waals surface area contributed by atoms with Crippen molar-refractivity contribution in [2.75, 3.05) is 0 Å². The zero-order valence-corrected chi connectivity index (χ0v) is 23.9. The Kier molecular flexibility index (Phi) is 7.80. The second-order valence-electron chi connectivity index (χ2n) is 10.4. The maximum atomic E-state index is 11.9. The maximum absolute atomic E-state index is 11.9. The van der Waals surface area contributed by atoms with Crippen molar-refractivity contribution in [1.82, 2.24) is 0 Å². The van der Waals surface area contributed by atoms with Crippen LogP contribution in [0.15, 0.2) is 85.6 Å². The van der Waals surface area contributed by atoms with E-state index in [1.165, 1.54) is 61.6 Å². The van der Waals surface area contributed by atoms with Crippen LogP contribution in [0.1, 0.15) is 60.3 Å². The molecule has 0 unspecified atom stereocenters. The molecule has 1 fully saturated rings. The number of azo groups is 1. The average Bonchev–Trinajstić information content (AvgIpc) is 2.90. The number of fused-ring (bicyclic) bond motifs is 1. The van der Waals surface area contributed by atoms with Crippen molar-refractivity contribution in [3.05, 3.63) is 82.9 Å². The van der Waals surface area contributed by atoms with Gasteiger partial charge in [-0.2, -0.15) is 5.11 Å². The number of benzene rings is 4. The van der Waals surface area contributed by atoms with E-state index in [4.69, 9.17) is 0 Å². The summed E-state index contributed by atoms with van der Waals surface area (Å²) < 4.78 is 35.8. The van der Waals surface area contributed by atoms with Crippen LogP contribution in [0.25, 0.3) is 10.8 Å². The van der Waals surface area contributed by atoms with E-state index in [0.29, 0.717) is 32.8 Å². The van der Waals surface area contributed by atoms with Crippen LogP contribution in [0.4, 0.5) is 11.4 Å². The van der Waals surface area contributed by atoms with Gasteiger partial charge in [0.15, 0.2) is 5.75 Å². The van der Waals surface area contributed by atoms with Crippen molar-refractivity contribution in [2.45, 2.75) is 73.5 Å². The van der Waals surface area contributed by atoms with Gasteiger partial charge in [0.05, 0.1) is 10.6 Å². The minimum Gasteiger partial charge on any atom is -0.744 e. The van der Waals surface area contributed by atoms with Crippen molar-refractivity contribution in [3.63, 3.8) is 0 Å². The van der Waals surface area contributed by atoms with Crippen molar-refractivity contribution in [3.8, 4) is 5.75 Å². The zero-order chi connectivity index (χ0) is 27.7. The molecule has 0 amide bonds. The summed E-state index contributed by atoms with van der Waals surface area (Å²) in [6.45, 7) is 5.78. The fraction of sp³-hybridized carbons (Fsp3) is 0.290. The molecule has 4 aromatic rings. The number of aryl methyl sites for hydroxylation is 3. The molecule has 0 aliphatic heterocycles. The fourth-order valence-electron chi connectivity index (χ4n) is 5.25. The fourth-order valence-corrected chi connectivity index (χ4v) is 6.89. The van der Waals surface area contributed by atoms with Crippen LogP contribution < -0.4 is 0 Å². The van der Waals surface area contributed by atoms with Crippen LogP contribution in [0.5, 0.6) is 5.75 Å². The molecule has 0 atom stereocenters.